The molecule has 5 rings (SSSR count). The second kappa shape index (κ2) is 13.8. The third-order valence-electron chi connectivity index (χ3n) is 8.60. The Labute approximate surface area is 253 Å². The number of aryl methyl sites for hydroxylation is 1. The maximum absolute atomic E-state index is 9.79. The molecule has 0 spiro atoms. The van der Waals surface area contributed by atoms with Crippen molar-refractivity contribution >= 4 is 11.6 Å². The normalized spacial score (nSPS) is 21.1. The van der Waals surface area contributed by atoms with Crippen molar-refractivity contribution in [3.63, 3.8) is 0 Å². The molecule has 0 amide bonds. The molecule has 0 radical (unpaired) electrons. The Morgan fingerprint density at radius 3 is 2.65 bits per heavy atom. The molecule has 4 heterocycles. The third-order valence-corrected chi connectivity index (χ3v) is 8.60. The van der Waals surface area contributed by atoms with E-state index in [0.29, 0.717) is 44.3 Å². The lowest BCUT2D eigenvalue weighted by molar-refractivity contribution is -0.0379. The summed E-state index contributed by atoms with van der Waals surface area (Å²) >= 11 is 0. The van der Waals surface area contributed by atoms with Gasteiger partial charge in [-0.1, -0.05) is 11.3 Å². The number of anilines is 2. The second-order valence-electron chi connectivity index (χ2n) is 12.5. The zero-order chi connectivity index (χ0) is 30.3. The van der Waals surface area contributed by atoms with Crippen LogP contribution >= 0.6 is 0 Å². The number of hydrogen-bond donors (Lipinski definition) is 4. The first-order chi connectivity index (χ1) is 20.7. The molecular weight excluding hydrogens is 544 g/mol. The summed E-state index contributed by atoms with van der Waals surface area (Å²) in [6.45, 7) is 10.5. The minimum Gasteiger partial charge on any atom is -0.381 e. The average Bonchev–Trinajstić information content (AvgIpc) is 3.58. The Hall–Kier alpha value is -3.66. The van der Waals surface area contributed by atoms with Gasteiger partial charge >= 0.3 is 0 Å². The number of ether oxygens (including phenoxy) is 2. The van der Waals surface area contributed by atoms with Crippen molar-refractivity contribution in [1.82, 2.24) is 35.9 Å². The number of H-pyrrole nitrogens is 1. The number of pyridine rings is 2. The van der Waals surface area contributed by atoms with Crippen LogP contribution < -0.4 is 16.0 Å². The number of aromatic amines is 1. The number of hydrogen-bond acceptors (Lipinski definition) is 11. The number of aromatic nitrogens is 6. The van der Waals surface area contributed by atoms with Crippen molar-refractivity contribution in [2.45, 2.75) is 89.9 Å². The molecule has 1 saturated carbocycles. The van der Waals surface area contributed by atoms with Gasteiger partial charge in [-0.2, -0.15) is 10.5 Å². The van der Waals surface area contributed by atoms with E-state index in [4.69, 9.17) is 14.5 Å². The van der Waals surface area contributed by atoms with Gasteiger partial charge in [0.2, 0.25) is 5.82 Å². The highest BCUT2D eigenvalue weighted by Gasteiger charge is 2.33. The SMILES string of the molecule is Cc1cnc(N[C@H]2CC[C@H](N[C@@H](C)COC(C)(C)c3nn[nH]n3)CC2)cc1-c1cccc(NCC2(C#N)CCOCC2)n1. The summed E-state index contributed by atoms with van der Waals surface area (Å²) in [6.07, 6.45) is 7.68. The van der Waals surface area contributed by atoms with Crippen molar-refractivity contribution in [2.75, 3.05) is 37.0 Å². The topological polar surface area (TPSA) is 159 Å². The summed E-state index contributed by atoms with van der Waals surface area (Å²) in [5.41, 5.74) is 2.00. The van der Waals surface area contributed by atoms with Crippen LogP contribution in [0.1, 0.15) is 70.7 Å². The van der Waals surface area contributed by atoms with Crippen LogP contribution in [0.3, 0.4) is 0 Å². The highest BCUT2D eigenvalue weighted by Crippen LogP contribution is 2.31. The van der Waals surface area contributed by atoms with E-state index < -0.39 is 11.0 Å². The van der Waals surface area contributed by atoms with Gasteiger partial charge in [0.15, 0.2) is 0 Å². The molecule has 3 aromatic rings. The first-order valence-corrected chi connectivity index (χ1v) is 15.3. The summed E-state index contributed by atoms with van der Waals surface area (Å²) < 4.78 is 11.6. The first kappa shape index (κ1) is 30.8. The summed E-state index contributed by atoms with van der Waals surface area (Å²) in [5.74, 6) is 2.19. The number of tetrazole rings is 1. The van der Waals surface area contributed by atoms with Crippen LogP contribution in [0.15, 0.2) is 30.5 Å². The Morgan fingerprint density at radius 1 is 1.16 bits per heavy atom. The van der Waals surface area contributed by atoms with Crippen molar-refractivity contribution in [3.05, 3.63) is 41.9 Å². The Balaban J connectivity index is 1.12. The Kier molecular flexibility index (Phi) is 9.85. The molecule has 0 unspecified atom stereocenters. The van der Waals surface area contributed by atoms with E-state index in [2.05, 4.69) is 67.5 Å². The molecule has 0 aromatic carbocycles. The molecule has 43 heavy (non-hydrogen) atoms. The van der Waals surface area contributed by atoms with E-state index in [1.165, 1.54) is 0 Å². The van der Waals surface area contributed by atoms with Gasteiger partial charge in [0.25, 0.3) is 0 Å². The Bertz CT molecular complexity index is 1360. The number of nitriles is 1. The highest BCUT2D eigenvalue weighted by molar-refractivity contribution is 5.68. The van der Waals surface area contributed by atoms with Crippen LogP contribution in [-0.2, 0) is 15.1 Å². The lowest BCUT2D eigenvalue weighted by atomic mass is 9.82. The van der Waals surface area contributed by atoms with Crippen molar-refractivity contribution in [2.24, 2.45) is 5.41 Å². The molecule has 1 aliphatic heterocycles. The van der Waals surface area contributed by atoms with Gasteiger partial charge in [-0.05, 0) is 90.0 Å². The van der Waals surface area contributed by atoms with E-state index in [9.17, 15) is 5.26 Å². The van der Waals surface area contributed by atoms with Crippen LogP contribution in [0.25, 0.3) is 11.3 Å². The molecular formula is C31H44N10O2. The molecule has 12 heteroatoms. The highest BCUT2D eigenvalue weighted by atomic mass is 16.5. The second-order valence-corrected chi connectivity index (χ2v) is 12.5. The molecule has 0 bridgehead atoms. The number of rotatable bonds is 12. The summed E-state index contributed by atoms with van der Waals surface area (Å²) in [7, 11) is 0. The zero-order valence-electron chi connectivity index (χ0n) is 25.7. The minimum absolute atomic E-state index is 0.210. The van der Waals surface area contributed by atoms with Crippen LogP contribution in [0.2, 0.25) is 0 Å². The average molecular weight is 589 g/mol. The van der Waals surface area contributed by atoms with E-state index in [0.717, 1.165) is 67.0 Å². The van der Waals surface area contributed by atoms with E-state index in [-0.39, 0.29) is 6.04 Å². The largest absolute Gasteiger partial charge is 0.381 e. The van der Waals surface area contributed by atoms with Gasteiger partial charge in [0, 0.05) is 49.6 Å². The fourth-order valence-corrected chi connectivity index (χ4v) is 5.79. The molecule has 1 aliphatic carbocycles. The van der Waals surface area contributed by atoms with Crippen molar-refractivity contribution < 1.29 is 9.47 Å². The molecule has 4 N–H and O–H groups in total. The third kappa shape index (κ3) is 8.04. The van der Waals surface area contributed by atoms with Gasteiger partial charge in [-0.3, -0.25) is 0 Å². The monoisotopic (exact) mass is 588 g/mol. The summed E-state index contributed by atoms with van der Waals surface area (Å²) in [5, 5.41) is 34.9. The molecule has 1 atom stereocenters. The van der Waals surface area contributed by atoms with Crippen molar-refractivity contribution in [1.29, 1.82) is 5.26 Å². The fraction of sp³-hybridized carbons (Fsp3) is 0.613. The van der Waals surface area contributed by atoms with Gasteiger partial charge in [-0.25, -0.2) is 9.97 Å². The molecule has 12 nitrogen and oxygen atoms in total. The maximum Gasteiger partial charge on any atom is 0.205 e. The van der Waals surface area contributed by atoms with Crippen LogP contribution in [-0.4, -0.2) is 75.1 Å². The number of nitrogens with zero attached hydrogens (tertiary/aromatic N) is 6. The lowest BCUT2D eigenvalue weighted by Gasteiger charge is -2.33. The van der Waals surface area contributed by atoms with Crippen LogP contribution in [0, 0.1) is 23.7 Å². The van der Waals surface area contributed by atoms with Crippen LogP contribution in [0.5, 0.6) is 0 Å². The van der Waals surface area contributed by atoms with Gasteiger partial charge < -0.3 is 25.4 Å². The Morgan fingerprint density at radius 2 is 1.93 bits per heavy atom. The van der Waals surface area contributed by atoms with E-state index in [1.54, 1.807) is 0 Å². The molecule has 2 fully saturated rings. The standard InChI is InChI=1S/C31H44N10O2/c1-21-17-33-28(16-25(21)26-6-5-7-27(37-26)34-20-31(19-32)12-14-42-15-13-31)36-24-10-8-23(9-11-24)35-22(2)18-43-30(3,4)29-38-40-41-39-29/h5-7,16-17,22-24,35H,8-15,18,20H2,1-4H3,(H,33,36)(H,34,37)(H,38,39,40,41)/t22-,23-,24-/m0/s1. The predicted octanol–water partition coefficient (Wildman–Crippen LogP) is 4.35. The van der Waals surface area contributed by atoms with Crippen LogP contribution in [0.4, 0.5) is 11.6 Å². The molecule has 3 aromatic heterocycles. The van der Waals surface area contributed by atoms with E-state index in [1.807, 2.05) is 38.2 Å². The van der Waals surface area contributed by atoms with Gasteiger partial charge in [0.1, 0.15) is 17.2 Å². The molecule has 2 aliphatic rings. The predicted molar refractivity (Wildman–Crippen MR) is 164 cm³/mol. The fourth-order valence-electron chi connectivity index (χ4n) is 5.79. The van der Waals surface area contributed by atoms with Gasteiger partial charge in [-0.15, -0.1) is 10.2 Å². The minimum atomic E-state index is -0.594. The smallest absolute Gasteiger partial charge is 0.205 e. The zero-order valence-corrected chi connectivity index (χ0v) is 25.7. The van der Waals surface area contributed by atoms with Crippen molar-refractivity contribution in [3.8, 4) is 17.3 Å². The van der Waals surface area contributed by atoms with E-state index >= 15 is 0 Å². The summed E-state index contributed by atoms with van der Waals surface area (Å²) in [6, 6.07) is 11.6. The summed E-state index contributed by atoms with van der Waals surface area (Å²) in [4.78, 5) is 9.57. The maximum atomic E-state index is 9.79. The van der Waals surface area contributed by atoms with Gasteiger partial charge in [0.05, 0.1) is 23.8 Å². The first-order valence-electron chi connectivity index (χ1n) is 15.3. The molecule has 1 saturated heterocycles. The number of nitrogens with one attached hydrogen (secondary N) is 4. The molecule has 230 valence electrons. The quantitative estimate of drug-likeness (QED) is 0.238. The lowest BCUT2D eigenvalue weighted by Crippen LogP contribution is -2.44.